The summed E-state index contributed by atoms with van der Waals surface area (Å²) in [5, 5.41) is 3.14. The van der Waals surface area contributed by atoms with Crippen molar-refractivity contribution in [3.05, 3.63) is 57.0 Å². The lowest BCUT2D eigenvalue weighted by Crippen LogP contribution is -2.39. The molecule has 1 aliphatic heterocycles. The van der Waals surface area contributed by atoms with Crippen LogP contribution in [0.2, 0.25) is 0 Å². The number of hydrogen-bond donors (Lipinski definition) is 2. The molecule has 7 heteroatoms. The van der Waals surface area contributed by atoms with E-state index >= 15 is 0 Å². The van der Waals surface area contributed by atoms with Gasteiger partial charge in [-0.15, -0.1) is 0 Å². The van der Waals surface area contributed by atoms with Crippen molar-refractivity contribution in [1.29, 1.82) is 0 Å². The third kappa shape index (κ3) is 4.67. The number of hydrogen-bond acceptors (Lipinski definition) is 5. The van der Waals surface area contributed by atoms with Gasteiger partial charge >= 0.3 is 0 Å². The number of rotatable bonds is 5. The highest BCUT2D eigenvalue weighted by molar-refractivity contribution is 5.76. The van der Waals surface area contributed by atoms with Crippen molar-refractivity contribution in [2.75, 3.05) is 31.2 Å². The number of aromatic amines is 1. The lowest BCUT2D eigenvalue weighted by molar-refractivity contribution is -0.121. The van der Waals surface area contributed by atoms with E-state index in [4.69, 9.17) is 4.74 Å². The van der Waals surface area contributed by atoms with Crippen molar-refractivity contribution in [2.45, 2.75) is 45.1 Å². The molecule has 0 saturated carbocycles. The van der Waals surface area contributed by atoms with Gasteiger partial charge in [0.15, 0.2) is 0 Å². The van der Waals surface area contributed by atoms with Crippen LogP contribution in [0.5, 0.6) is 0 Å². The first-order valence-corrected chi connectivity index (χ1v) is 10.4. The summed E-state index contributed by atoms with van der Waals surface area (Å²) in [6.07, 6.45) is 3.51. The lowest BCUT2D eigenvalue weighted by Gasteiger charge is -2.27. The summed E-state index contributed by atoms with van der Waals surface area (Å²) in [4.78, 5) is 34.5. The second-order valence-corrected chi connectivity index (χ2v) is 7.83. The Morgan fingerprint density at radius 1 is 1.28 bits per heavy atom. The maximum absolute atomic E-state index is 12.6. The third-order valence-electron chi connectivity index (χ3n) is 5.83. The van der Waals surface area contributed by atoms with Gasteiger partial charge in [0, 0.05) is 36.8 Å². The van der Waals surface area contributed by atoms with Gasteiger partial charge in [-0.3, -0.25) is 14.6 Å². The number of aryl methyl sites for hydroxylation is 2. The molecule has 29 heavy (non-hydrogen) atoms. The summed E-state index contributed by atoms with van der Waals surface area (Å²) in [7, 11) is 0. The molecule has 7 nitrogen and oxygen atoms in total. The van der Waals surface area contributed by atoms with Gasteiger partial charge in [0.1, 0.15) is 0 Å². The molecule has 2 N–H and O–H groups in total. The summed E-state index contributed by atoms with van der Waals surface area (Å²) < 4.78 is 5.35. The normalized spacial score (nSPS) is 18.9. The average Bonchev–Trinajstić information content (AvgIpc) is 2.73. The summed E-state index contributed by atoms with van der Waals surface area (Å²) >= 11 is 0. The van der Waals surface area contributed by atoms with Gasteiger partial charge in [-0.25, -0.2) is 4.98 Å². The van der Waals surface area contributed by atoms with Gasteiger partial charge in [-0.1, -0.05) is 24.3 Å². The Morgan fingerprint density at radius 3 is 2.79 bits per heavy atom. The number of carbonyl (C=O) groups is 1. The van der Waals surface area contributed by atoms with E-state index in [-0.39, 0.29) is 17.5 Å². The fourth-order valence-electron chi connectivity index (χ4n) is 4.17. The molecule has 1 saturated heterocycles. The zero-order valence-corrected chi connectivity index (χ0v) is 16.9. The number of aromatic nitrogens is 2. The maximum Gasteiger partial charge on any atom is 0.255 e. The van der Waals surface area contributed by atoms with Gasteiger partial charge in [-0.2, -0.15) is 0 Å². The van der Waals surface area contributed by atoms with Crippen molar-refractivity contribution in [2.24, 2.45) is 0 Å². The van der Waals surface area contributed by atoms with Crippen LogP contribution < -0.4 is 15.8 Å². The Labute approximate surface area is 170 Å². The van der Waals surface area contributed by atoms with Gasteiger partial charge in [-0.05, 0) is 43.7 Å². The molecular formula is C22H28N4O3. The number of anilines is 1. The molecule has 2 aliphatic rings. The van der Waals surface area contributed by atoms with Crippen LogP contribution in [0, 0.1) is 6.92 Å². The minimum atomic E-state index is -0.154. The van der Waals surface area contributed by atoms with E-state index in [1.54, 1.807) is 0 Å². The number of carbonyl (C=O) groups excluding carboxylic acids is 1. The van der Waals surface area contributed by atoms with Crippen LogP contribution in [0.3, 0.4) is 0 Å². The molecule has 1 aliphatic carbocycles. The van der Waals surface area contributed by atoms with Gasteiger partial charge in [0.05, 0.1) is 13.2 Å². The van der Waals surface area contributed by atoms with Crippen molar-refractivity contribution in [1.82, 2.24) is 15.3 Å². The second-order valence-electron chi connectivity index (χ2n) is 7.83. The van der Waals surface area contributed by atoms with E-state index in [0.717, 1.165) is 19.3 Å². The quantitative estimate of drug-likeness (QED) is 0.800. The van der Waals surface area contributed by atoms with Crippen LogP contribution in [-0.2, 0) is 28.8 Å². The van der Waals surface area contributed by atoms with Crippen LogP contribution >= 0.6 is 0 Å². The number of amides is 1. The summed E-state index contributed by atoms with van der Waals surface area (Å²) in [6.45, 7) is 4.54. The van der Waals surface area contributed by atoms with E-state index in [1.807, 2.05) is 17.9 Å². The van der Waals surface area contributed by atoms with Crippen molar-refractivity contribution in [3.8, 4) is 0 Å². The number of H-pyrrole nitrogens is 1. The molecule has 154 valence electrons. The topological polar surface area (TPSA) is 87.3 Å². The Bertz CT molecular complexity index is 934. The second kappa shape index (κ2) is 8.78. The molecule has 0 radical (unpaired) electrons. The number of ether oxygens (including phenoxy) is 1. The predicted octanol–water partition coefficient (Wildman–Crippen LogP) is 1.52. The molecule has 1 aromatic heterocycles. The Balaban J connectivity index is 1.34. The number of nitrogens with zero attached hydrogens (tertiary/aromatic N) is 2. The molecule has 1 amide bonds. The van der Waals surface area contributed by atoms with Crippen LogP contribution in [0.1, 0.15) is 35.2 Å². The minimum absolute atomic E-state index is 0.00885. The van der Waals surface area contributed by atoms with E-state index in [1.165, 1.54) is 11.1 Å². The highest BCUT2D eigenvalue weighted by atomic mass is 16.5. The van der Waals surface area contributed by atoms with E-state index in [2.05, 4.69) is 33.5 Å². The van der Waals surface area contributed by atoms with Crippen LogP contribution in [0.4, 0.5) is 5.95 Å². The molecule has 1 fully saturated rings. The highest BCUT2D eigenvalue weighted by Gasteiger charge is 2.21. The zero-order chi connectivity index (χ0) is 20.2. The molecule has 1 atom stereocenters. The smallest absolute Gasteiger partial charge is 0.255 e. The number of benzene rings is 1. The monoisotopic (exact) mass is 396 g/mol. The number of nitrogens with one attached hydrogen (secondary N) is 2. The molecular weight excluding hydrogens is 368 g/mol. The first-order chi connectivity index (χ1) is 14.1. The number of morpholine rings is 1. The standard InChI is InChI=1S/C22H28N4O3/c1-15-19(21(28)25-22(23-15)26-10-12-29-13-11-26)8-9-20(27)24-18-7-6-16-4-2-3-5-17(16)14-18/h2-5,18H,6-14H2,1H3,(H,24,27)(H,23,25,28). The van der Waals surface area contributed by atoms with Crippen LogP contribution in [-0.4, -0.2) is 48.2 Å². The SMILES string of the molecule is Cc1nc(N2CCOCC2)[nH]c(=O)c1CCC(=O)NC1CCc2ccccc2C1. The summed E-state index contributed by atoms with van der Waals surface area (Å²) in [6, 6.07) is 8.58. The molecule has 2 aromatic rings. The first kappa shape index (κ1) is 19.6. The predicted molar refractivity (Wildman–Crippen MR) is 111 cm³/mol. The van der Waals surface area contributed by atoms with Crippen molar-refractivity contribution < 1.29 is 9.53 Å². The highest BCUT2D eigenvalue weighted by Crippen LogP contribution is 2.21. The Morgan fingerprint density at radius 2 is 2.03 bits per heavy atom. The van der Waals surface area contributed by atoms with Crippen molar-refractivity contribution >= 4 is 11.9 Å². The molecule has 1 aromatic carbocycles. The fourth-order valence-corrected chi connectivity index (χ4v) is 4.17. The maximum atomic E-state index is 12.6. The lowest BCUT2D eigenvalue weighted by atomic mass is 9.88. The third-order valence-corrected chi connectivity index (χ3v) is 5.83. The average molecular weight is 396 g/mol. The molecule has 4 rings (SSSR count). The fraction of sp³-hybridized carbons (Fsp3) is 0.500. The largest absolute Gasteiger partial charge is 0.378 e. The van der Waals surface area contributed by atoms with E-state index in [9.17, 15) is 9.59 Å². The number of fused-ring (bicyclic) bond motifs is 1. The minimum Gasteiger partial charge on any atom is -0.378 e. The Hall–Kier alpha value is -2.67. The zero-order valence-electron chi connectivity index (χ0n) is 16.9. The van der Waals surface area contributed by atoms with E-state index in [0.29, 0.717) is 56.4 Å². The molecule has 1 unspecified atom stereocenters. The van der Waals surface area contributed by atoms with Gasteiger partial charge in [0.2, 0.25) is 11.9 Å². The summed E-state index contributed by atoms with van der Waals surface area (Å²) in [5.41, 5.74) is 3.82. The van der Waals surface area contributed by atoms with Crippen molar-refractivity contribution in [3.63, 3.8) is 0 Å². The van der Waals surface area contributed by atoms with Gasteiger partial charge in [0.25, 0.3) is 5.56 Å². The van der Waals surface area contributed by atoms with Crippen LogP contribution in [0.15, 0.2) is 29.1 Å². The summed E-state index contributed by atoms with van der Waals surface area (Å²) in [5.74, 6) is 0.579. The van der Waals surface area contributed by atoms with Gasteiger partial charge < -0.3 is 15.0 Å². The molecule has 0 spiro atoms. The Kier molecular flexibility index (Phi) is 5.94. The molecule has 0 bridgehead atoms. The molecule has 2 heterocycles. The first-order valence-electron chi connectivity index (χ1n) is 10.4. The van der Waals surface area contributed by atoms with Crippen LogP contribution in [0.25, 0.3) is 0 Å². The van der Waals surface area contributed by atoms with E-state index < -0.39 is 0 Å².